The van der Waals surface area contributed by atoms with E-state index in [1.165, 1.54) is 17.0 Å². The summed E-state index contributed by atoms with van der Waals surface area (Å²) in [4.78, 5) is 39.9. The van der Waals surface area contributed by atoms with E-state index in [1.54, 1.807) is 11.0 Å². The number of amides is 2. The van der Waals surface area contributed by atoms with Gasteiger partial charge in [0, 0.05) is 19.5 Å². The summed E-state index contributed by atoms with van der Waals surface area (Å²) in [5, 5.41) is 9.32. The Morgan fingerprint density at radius 1 is 1.24 bits per heavy atom. The van der Waals surface area contributed by atoms with Gasteiger partial charge in [-0.25, -0.2) is 9.18 Å². The molecular weight excluding hydrogens is 379 g/mol. The second-order valence-electron chi connectivity index (χ2n) is 8.43. The van der Waals surface area contributed by atoms with Crippen molar-refractivity contribution in [2.24, 2.45) is 5.41 Å². The molecule has 156 valence electrons. The van der Waals surface area contributed by atoms with Gasteiger partial charge in [0.05, 0.1) is 18.2 Å². The predicted octanol–water partition coefficient (Wildman–Crippen LogP) is 3.31. The molecule has 0 bridgehead atoms. The molecule has 2 aliphatic heterocycles. The summed E-state index contributed by atoms with van der Waals surface area (Å²) in [7, 11) is 0. The van der Waals surface area contributed by atoms with Crippen LogP contribution >= 0.6 is 0 Å². The Morgan fingerprint density at radius 3 is 2.72 bits per heavy atom. The Balaban J connectivity index is 1.59. The summed E-state index contributed by atoms with van der Waals surface area (Å²) >= 11 is 0. The smallest absolute Gasteiger partial charge is 0.414 e. The van der Waals surface area contributed by atoms with Gasteiger partial charge in [-0.15, -0.1) is 0 Å². The van der Waals surface area contributed by atoms with Gasteiger partial charge >= 0.3 is 12.1 Å². The van der Waals surface area contributed by atoms with Crippen LogP contribution in [0.1, 0.15) is 50.5 Å². The van der Waals surface area contributed by atoms with E-state index in [1.807, 2.05) is 0 Å². The fraction of sp³-hybridized carbons (Fsp3) is 0.571. The van der Waals surface area contributed by atoms with Gasteiger partial charge in [0.2, 0.25) is 5.91 Å². The normalized spacial score (nSPS) is 23.1. The molecular formula is C21H25FN2O5. The third-order valence-electron chi connectivity index (χ3n) is 6.43. The van der Waals surface area contributed by atoms with Crippen molar-refractivity contribution >= 4 is 23.7 Å². The van der Waals surface area contributed by atoms with Gasteiger partial charge in [-0.05, 0) is 42.4 Å². The van der Waals surface area contributed by atoms with Crippen LogP contribution in [0, 0.1) is 11.2 Å². The van der Waals surface area contributed by atoms with Gasteiger partial charge in [0.15, 0.2) is 0 Å². The Bertz CT molecular complexity index is 836. The summed E-state index contributed by atoms with van der Waals surface area (Å²) in [6.45, 7) is 0.907. The molecule has 0 spiro atoms. The molecule has 2 heterocycles. The standard InChI is InChI=1S/C21H25FN2O5/c22-15-4-3-14-12-23(8-5-16-13-29-20(28)24(16)17(14)9-15)18(25)10-21(11-19(26)27)6-1-2-7-21/h3-4,9,16H,1-2,5-8,10-13H2,(H,26,27). The number of anilines is 1. The Morgan fingerprint density at radius 2 is 2.00 bits per heavy atom. The van der Waals surface area contributed by atoms with Crippen LogP contribution in [0.4, 0.5) is 14.9 Å². The van der Waals surface area contributed by atoms with Crippen molar-refractivity contribution in [2.75, 3.05) is 18.1 Å². The summed E-state index contributed by atoms with van der Waals surface area (Å²) in [6, 6.07) is 3.98. The number of carboxylic acids is 1. The zero-order chi connectivity index (χ0) is 20.6. The van der Waals surface area contributed by atoms with Gasteiger partial charge in [0.1, 0.15) is 12.4 Å². The van der Waals surface area contributed by atoms with E-state index in [0.717, 1.165) is 25.7 Å². The lowest BCUT2D eigenvalue weighted by Gasteiger charge is -2.35. The van der Waals surface area contributed by atoms with Crippen molar-refractivity contribution in [1.82, 2.24) is 4.90 Å². The number of carbonyl (C=O) groups is 3. The van der Waals surface area contributed by atoms with E-state index >= 15 is 0 Å². The maximum Gasteiger partial charge on any atom is 0.414 e. The van der Waals surface area contributed by atoms with E-state index < -0.39 is 23.3 Å². The van der Waals surface area contributed by atoms with Crippen LogP contribution in [0.15, 0.2) is 18.2 Å². The number of halogens is 1. The highest BCUT2D eigenvalue weighted by Crippen LogP contribution is 2.44. The molecule has 2 fully saturated rings. The summed E-state index contributed by atoms with van der Waals surface area (Å²) in [5.41, 5.74) is 0.646. The SMILES string of the molecule is O=C(O)CC1(CC(=O)N2CCC3COC(=O)N3c3cc(F)ccc3C2)CCCC1. The quantitative estimate of drug-likeness (QED) is 0.832. The number of aliphatic carboxylic acids is 1. The van der Waals surface area contributed by atoms with Crippen LogP contribution in [0.3, 0.4) is 0 Å². The zero-order valence-electron chi connectivity index (χ0n) is 16.2. The molecule has 1 saturated heterocycles. The van der Waals surface area contributed by atoms with Crippen LogP contribution in [0.2, 0.25) is 0 Å². The lowest BCUT2D eigenvalue weighted by Crippen LogP contribution is -2.43. The van der Waals surface area contributed by atoms with E-state index in [0.29, 0.717) is 24.2 Å². The third kappa shape index (κ3) is 3.93. The summed E-state index contributed by atoms with van der Waals surface area (Å²) in [5.74, 6) is -1.40. The van der Waals surface area contributed by atoms with E-state index in [9.17, 15) is 23.9 Å². The number of hydrogen-bond acceptors (Lipinski definition) is 4. The summed E-state index contributed by atoms with van der Waals surface area (Å²) in [6.07, 6.45) is 3.64. The molecule has 1 aliphatic carbocycles. The summed E-state index contributed by atoms with van der Waals surface area (Å²) < 4.78 is 19.1. The molecule has 7 nitrogen and oxygen atoms in total. The molecule has 1 N–H and O–H groups in total. The molecule has 2 amide bonds. The maximum atomic E-state index is 13.9. The number of ether oxygens (including phenoxy) is 1. The number of carbonyl (C=O) groups excluding carboxylic acids is 2. The highest BCUT2D eigenvalue weighted by Gasteiger charge is 2.41. The lowest BCUT2D eigenvalue weighted by molar-refractivity contribution is -0.141. The molecule has 1 aromatic carbocycles. The maximum absolute atomic E-state index is 13.9. The number of cyclic esters (lactones) is 1. The fourth-order valence-electron chi connectivity index (χ4n) is 4.96. The lowest BCUT2D eigenvalue weighted by atomic mass is 9.79. The number of rotatable bonds is 4. The van der Waals surface area contributed by atoms with Gasteiger partial charge in [-0.1, -0.05) is 18.9 Å². The Kier molecular flexibility index (Phi) is 5.19. The molecule has 8 heteroatoms. The molecule has 3 aliphatic rings. The van der Waals surface area contributed by atoms with Gasteiger partial charge < -0.3 is 14.7 Å². The number of benzene rings is 1. The monoisotopic (exact) mass is 404 g/mol. The van der Waals surface area contributed by atoms with Crippen LogP contribution in [0.5, 0.6) is 0 Å². The van der Waals surface area contributed by atoms with E-state index in [4.69, 9.17) is 4.74 Å². The first-order chi connectivity index (χ1) is 13.9. The topological polar surface area (TPSA) is 87.1 Å². The molecule has 1 saturated carbocycles. The third-order valence-corrected chi connectivity index (χ3v) is 6.43. The van der Waals surface area contributed by atoms with Gasteiger partial charge in [0.25, 0.3) is 0 Å². The van der Waals surface area contributed by atoms with Gasteiger partial charge in [-0.2, -0.15) is 0 Å². The number of carboxylic acid groups (broad SMARTS) is 1. The van der Waals surface area contributed by atoms with Crippen LogP contribution in [0.25, 0.3) is 0 Å². The van der Waals surface area contributed by atoms with Crippen LogP contribution in [-0.2, 0) is 20.9 Å². The average molecular weight is 404 g/mol. The highest BCUT2D eigenvalue weighted by atomic mass is 19.1. The molecule has 1 unspecified atom stereocenters. The Hall–Kier alpha value is -2.64. The van der Waals surface area contributed by atoms with Crippen LogP contribution < -0.4 is 4.90 Å². The second-order valence-corrected chi connectivity index (χ2v) is 8.43. The molecule has 0 radical (unpaired) electrons. The molecule has 4 rings (SSSR count). The number of hydrogen-bond donors (Lipinski definition) is 1. The highest BCUT2D eigenvalue weighted by molar-refractivity contribution is 5.91. The zero-order valence-corrected chi connectivity index (χ0v) is 16.2. The van der Waals surface area contributed by atoms with E-state index in [-0.39, 0.29) is 37.9 Å². The van der Waals surface area contributed by atoms with Crippen LogP contribution in [-0.4, -0.2) is 47.2 Å². The van der Waals surface area contributed by atoms with Crippen molar-refractivity contribution in [3.8, 4) is 0 Å². The number of fused-ring (bicyclic) bond motifs is 3. The van der Waals surface area contributed by atoms with Crippen molar-refractivity contribution in [3.05, 3.63) is 29.6 Å². The minimum atomic E-state index is -0.870. The second kappa shape index (κ2) is 7.65. The average Bonchev–Trinajstić information content (AvgIpc) is 3.23. The minimum Gasteiger partial charge on any atom is -0.481 e. The molecule has 1 aromatic rings. The van der Waals surface area contributed by atoms with Crippen molar-refractivity contribution in [3.63, 3.8) is 0 Å². The number of nitrogens with zero attached hydrogens (tertiary/aromatic N) is 2. The first-order valence-electron chi connectivity index (χ1n) is 10.1. The van der Waals surface area contributed by atoms with Crippen molar-refractivity contribution in [2.45, 2.75) is 57.5 Å². The largest absolute Gasteiger partial charge is 0.481 e. The molecule has 29 heavy (non-hydrogen) atoms. The molecule has 1 atom stereocenters. The Labute approximate surface area is 168 Å². The minimum absolute atomic E-state index is 0.00707. The van der Waals surface area contributed by atoms with Gasteiger partial charge in [-0.3, -0.25) is 14.5 Å². The predicted molar refractivity (Wildman–Crippen MR) is 102 cm³/mol. The molecule has 0 aromatic heterocycles. The first kappa shape index (κ1) is 19.7. The first-order valence-corrected chi connectivity index (χ1v) is 10.1. The van der Waals surface area contributed by atoms with E-state index in [2.05, 4.69) is 0 Å². The van der Waals surface area contributed by atoms with Crippen molar-refractivity contribution in [1.29, 1.82) is 0 Å². The van der Waals surface area contributed by atoms with Crippen molar-refractivity contribution < 1.29 is 28.6 Å². The fourth-order valence-corrected chi connectivity index (χ4v) is 4.96.